The van der Waals surface area contributed by atoms with Crippen molar-refractivity contribution >= 4 is 40.1 Å². The molecule has 5 atom stereocenters. The number of carbonyl (C=O) groups excluding carboxylic acids is 4. The lowest BCUT2D eigenvalue weighted by atomic mass is 9.82. The van der Waals surface area contributed by atoms with Crippen molar-refractivity contribution in [1.29, 1.82) is 0 Å². The third kappa shape index (κ3) is 13.3. The number of likely N-dealkylation sites (N-methyl/N-ethyl adjacent to an activating group) is 1. The van der Waals surface area contributed by atoms with Gasteiger partial charge in [0.05, 0.1) is 43.0 Å². The van der Waals surface area contributed by atoms with E-state index in [2.05, 4.69) is 10.3 Å². The third-order valence-corrected chi connectivity index (χ3v) is 11.5. The molecule has 0 radical (unpaired) electrons. The number of hydrogen-bond donors (Lipinski definition) is 4. The van der Waals surface area contributed by atoms with Gasteiger partial charge in [-0.3, -0.25) is 19.2 Å². The van der Waals surface area contributed by atoms with Crippen LogP contribution in [0.15, 0.2) is 35.7 Å². The van der Waals surface area contributed by atoms with E-state index in [1.54, 1.807) is 17.3 Å². The summed E-state index contributed by atoms with van der Waals surface area (Å²) in [5, 5.41) is 27.6. The molecule has 2 fully saturated rings. The Morgan fingerprint density at radius 3 is 2.35 bits per heavy atom. The number of aromatic nitrogens is 1. The Morgan fingerprint density at radius 1 is 1.04 bits per heavy atom. The maximum atomic E-state index is 14.4. The van der Waals surface area contributed by atoms with Crippen LogP contribution >= 0.6 is 11.3 Å². The summed E-state index contributed by atoms with van der Waals surface area (Å²) in [6.45, 7) is 7.77. The second kappa shape index (κ2) is 21.5. The first-order chi connectivity index (χ1) is 25.8. The van der Waals surface area contributed by atoms with E-state index in [1.165, 1.54) is 21.1 Å². The number of thiazole rings is 1. The highest BCUT2D eigenvalue weighted by Crippen LogP contribution is 2.30. The maximum absolute atomic E-state index is 14.4. The lowest BCUT2D eigenvalue weighted by Crippen LogP contribution is -2.52. The van der Waals surface area contributed by atoms with Crippen LogP contribution < -0.4 is 11.1 Å². The summed E-state index contributed by atoms with van der Waals surface area (Å²) in [5.41, 5.74) is 7.34. The van der Waals surface area contributed by atoms with Gasteiger partial charge >= 0.3 is 0 Å². The summed E-state index contributed by atoms with van der Waals surface area (Å²) in [6, 6.07) is 8.19. The minimum Gasteiger partial charge on any atom is -0.390 e. The molecule has 4 amide bonds. The topological polar surface area (TPSA) is 179 Å². The Labute approximate surface area is 324 Å². The Kier molecular flexibility index (Phi) is 17.2. The molecule has 2 heterocycles. The molecule has 0 unspecified atom stereocenters. The van der Waals surface area contributed by atoms with Crippen LogP contribution in [0.4, 0.5) is 5.13 Å². The zero-order valence-corrected chi connectivity index (χ0v) is 33.3. The van der Waals surface area contributed by atoms with Crippen LogP contribution in [-0.2, 0) is 30.3 Å². The van der Waals surface area contributed by atoms with Crippen molar-refractivity contribution in [3.63, 3.8) is 0 Å². The lowest BCUT2D eigenvalue weighted by Gasteiger charge is -2.34. The van der Waals surface area contributed by atoms with Gasteiger partial charge in [-0.1, -0.05) is 76.3 Å². The van der Waals surface area contributed by atoms with Crippen molar-refractivity contribution in [3.8, 4) is 0 Å². The number of morpholine rings is 1. The van der Waals surface area contributed by atoms with E-state index in [0.717, 1.165) is 37.7 Å². The zero-order valence-electron chi connectivity index (χ0n) is 32.5. The normalized spacial score (nSPS) is 18.0. The number of benzene rings is 1. The van der Waals surface area contributed by atoms with Crippen molar-refractivity contribution in [2.24, 2.45) is 17.8 Å². The summed E-state index contributed by atoms with van der Waals surface area (Å²) in [6.07, 6.45) is 4.09. The van der Waals surface area contributed by atoms with Gasteiger partial charge in [0.2, 0.25) is 23.6 Å². The zero-order chi connectivity index (χ0) is 39.2. The van der Waals surface area contributed by atoms with Gasteiger partial charge in [0, 0.05) is 51.3 Å². The first-order valence-electron chi connectivity index (χ1n) is 19.6. The molecule has 1 saturated carbocycles. The Bertz CT molecular complexity index is 1480. The van der Waals surface area contributed by atoms with Crippen LogP contribution in [0.2, 0.25) is 0 Å². The second-order valence-electron chi connectivity index (χ2n) is 15.5. The van der Waals surface area contributed by atoms with E-state index in [9.17, 15) is 29.4 Å². The SMILES string of the molecule is CC(C)C[C@H](O)[C@H](O)[C@H](CC1CCCCC1)NC(=O)[C@@H](CC(=O)N(CC(=O)N(C)CCC(=O)N1CCOCC1)[C@@H](C)c1ccccc1)Cc1csc(N)n1. The van der Waals surface area contributed by atoms with E-state index in [0.29, 0.717) is 55.9 Å². The molecule has 13 nitrogen and oxygen atoms in total. The van der Waals surface area contributed by atoms with E-state index in [-0.39, 0.29) is 50.1 Å². The summed E-state index contributed by atoms with van der Waals surface area (Å²) >= 11 is 1.25. The minimum atomic E-state index is -1.18. The number of carbonyl (C=O) groups is 4. The van der Waals surface area contributed by atoms with Gasteiger partial charge in [0.25, 0.3) is 0 Å². The number of nitrogens with one attached hydrogen (secondary N) is 1. The van der Waals surface area contributed by atoms with Crippen molar-refractivity contribution in [3.05, 3.63) is 47.0 Å². The Morgan fingerprint density at radius 2 is 1.72 bits per heavy atom. The van der Waals surface area contributed by atoms with Gasteiger partial charge in [-0.25, -0.2) is 4.98 Å². The average Bonchev–Trinajstić information content (AvgIpc) is 3.59. The largest absolute Gasteiger partial charge is 0.390 e. The van der Waals surface area contributed by atoms with Crippen LogP contribution in [0.5, 0.6) is 0 Å². The van der Waals surface area contributed by atoms with E-state index in [4.69, 9.17) is 10.5 Å². The number of nitrogen functional groups attached to an aromatic ring is 1. The molecule has 0 bridgehead atoms. The number of anilines is 1. The molecule has 300 valence electrons. The Hall–Kier alpha value is -3.59. The van der Waals surface area contributed by atoms with E-state index >= 15 is 0 Å². The summed E-state index contributed by atoms with van der Waals surface area (Å²) < 4.78 is 5.35. The number of ether oxygens (including phenoxy) is 1. The third-order valence-electron chi connectivity index (χ3n) is 10.8. The molecule has 1 aliphatic heterocycles. The monoisotopic (exact) mass is 770 g/mol. The molecule has 1 saturated heterocycles. The fourth-order valence-corrected chi connectivity index (χ4v) is 8.06. The molecule has 1 aliphatic carbocycles. The van der Waals surface area contributed by atoms with Crippen LogP contribution in [0, 0.1) is 17.8 Å². The number of nitrogens with two attached hydrogens (primary N) is 1. The number of hydrogen-bond acceptors (Lipinski definition) is 10. The van der Waals surface area contributed by atoms with E-state index in [1.807, 2.05) is 51.1 Å². The van der Waals surface area contributed by atoms with Gasteiger partial charge in [0.15, 0.2) is 5.13 Å². The average molecular weight is 771 g/mol. The lowest BCUT2D eigenvalue weighted by molar-refractivity contribution is -0.144. The predicted molar refractivity (Wildman–Crippen MR) is 209 cm³/mol. The van der Waals surface area contributed by atoms with Crippen molar-refractivity contribution in [2.75, 3.05) is 52.2 Å². The number of amides is 4. The highest BCUT2D eigenvalue weighted by molar-refractivity contribution is 7.13. The molecular weight excluding hydrogens is 709 g/mol. The quantitative estimate of drug-likeness (QED) is 0.166. The molecule has 1 aromatic carbocycles. The molecule has 14 heteroatoms. The van der Waals surface area contributed by atoms with Crippen molar-refractivity contribution < 1.29 is 34.1 Å². The minimum absolute atomic E-state index is 0.0521. The summed E-state index contributed by atoms with van der Waals surface area (Å²) in [7, 11) is 1.62. The van der Waals surface area contributed by atoms with Crippen LogP contribution in [-0.4, -0.2) is 118 Å². The maximum Gasteiger partial charge on any atom is 0.241 e. The fourth-order valence-electron chi connectivity index (χ4n) is 7.49. The summed E-state index contributed by atoms with van der Waals surface area (Å²) in [4.78, 5) is 64.3. The summed E-state index contributed by atoms with van der Waals surface area (Å²) in [5.74, 6) is -1.66. The highest BCUT2D eigenvalue weighted by Gasteiger charge is 2.35. The highest BCUT2D eigenvalue weighted by atomic mass is 32.1. The van der Waals surface area contributed by atoms with Crippen molar-refractivity contribution in [1.82, 2.24) is 25.0 Å². The Balaban J connectivity index is 1.54. The van der Waals surface area contributed by atoms with Gasteiger partial charge in [0.1, 0.15) is 12.6 Å². The van der Waals surface area contributed by atoms with Gasteiger partial charge in [-0.2, -0.15) is 0 Å². The predicted octanol–water partition coefficient (Wildman–Crippen LogP) is 3.79. The molecule has 0 spiro atoms. The molecule has 5 N–H and O–H groups in total. The molecule has 2 aliphatic rings. The van der Waals surface area contributed by atoms with E-state index < -0.39 is 42.0 Å². The number of aliphatic hydroxyl groups is 2. The smallest absolute Gasteiger partial charge is 0.241 e. The number of aliphatic hydroxyl groups excluding tert-OH is 2. The van der Waals surface area contributed by atoms with Crippen LogP contribution in [0.25, 0.3) is 0 Å². The van der Waals surface area contributed by atoms with Gasteiger partial charge < -0.3 is 40.7 Å². The molecule has 2 aromatic rings. The van der Waals surface area contributed by atoms with Crippen LogP contribution in [0.3, 0.4) is 0 Å². The first-order valence-corrected chi connectivity index (χ1v) is 20.5. The van der Waals surface area contributed by atoms with Gasteiger partial charge in [-0.15, -0.1) is 11.3 Å². The molecule has 54 heavy (non-hydrogen) atoms. The molecular formula is C40H62N6O7S. The standard InChI is InChI=1S/C40H62N6O7S/c1-27(2)21-34(47)38(51)33(22-29-11-7-5-8-12-29)43-39(52)31(23-32-26-54-40(41)42-32)24-36(49)46(28(3)30-13-9-6-10-14-30)25-37(50)44(4)16-15-35(48)45-17-19-53-20-18-45/h6,9-10,13-14,26-29,31,33-34,38,47,51H,5,7-8,11-12,15-25H2,1-4H3,(H2,41,42)(H,43,52)/t28-,31+,33-,34-,38+/m0/s1. The fraction of sp³-hybridized carbons (Fsp3) is 0.675. The van der Waals surface area contributed by atoms with Gasteiger partial charge in [-0.05, 0) is 37.2 Å². The first kappa shape index (κ1) is 43.1. The molecule has 4 rings (SSSR count). The molecule has 1 aromatic heterocycles. The second-order valence-corrected chi connectivity index (χ2v) is 16.4. The van der Waals surface area contributed by atoms with Crippen LogP contribution in [0.1, 0.15) is 95.9 Å². The van der Waals surface area contributed by atoms with Crippen molar-refractivity contribution in [2.45, 2.75) is 109 Å². The number of nitrogens with zero attached hydrogens (tertiary/aromatic N) is 4. The number of rotatable bonds is 19.